The van der Waals surface area contributed by atoms with Gasteiger partial charge < -0.3 is 11.1 Å². The quantitative estimate of drug-likeness (QED) is 0.479. The van der Waals surface area contributed by atoms with E-state index >= 15 is 0 Å². The second kappa shape index (κ2) is 2.05. The molecule has 0 spiro atoms. The fraction of sp³-hybridized carbons (Fsp3) is 0.333. The van der Waals surface area contributed by atoms with Crippen LogP contribution in [-0.2, 0) is 0 Å². The summed E-state index contributed by atoms with van der Waals surface area (Å²) in [5.74, 6) is 0.854. The molecule has 0 radical (unpaired) electrons. The molecule has 0 bridgehead atoms. The molecule has 0 saturated carbocycles. The van der Waals surface area contributed by atoms with Crippen molar-refractivity contribution in [2.24, 2.45) is 5.73 Å². The molecule has 0 aliphatic carbocycles. The summed E-state index contributed by atoms with van der Waals surface area (Å²) in [6, 6.07) is 0.831. The van der Waals surface area contributed by atoms with Crippen molar-refractivity contribution in [3.05, 3.63) is 24.2 Å². The van der Waals surface area contributed by atoms with Crippen molar-refractivity contribution < 1.29 is 0 Å². The maximum atomic E-state index is 5.67. The number of hydrogen-bond donors (Lipinski definition) is 2. The van der Waals surface area contributed by atoms with Gasteiger partial charge in [-0.3, -0.25) is 3.11 Å². The smallest absolute Gasteiger partial charge is 0.106 e. The molecule has 0 fully saturated rings. The van der Waals surface area contributed by atoms with E-state index in [1.165, 1.54) is 0 Å². The van der Waals surface area contributed by atoms with Gasteiger partial charge in [0, 0.05) is 0 Å². The monoisotopic (exact) mass is 249 g/mol. The van der Waals surface area contributed by atoms with Gasteiger partial charge in [0.1, 0.15) is 5.82 Å². The molecule has 3 N–H and O–H groups in total. The normalized spacial score (nSPS) is 35.7. The minimum absolute atomic E-state index is 0.400. The first kappa shape index (κ1) is 6.33. The summed E-state index contributed by atoms with van der Waals surface area (Å²) in [5, 5.41) is 3.20. The molecule has 0 saturated heterocycles. The second-order valence-electron chi connectivity index (χ2n) is 2.44. The first-order chi connectivity index (χ1) is 4.79. The highest BCUT2D eigenvalue weighted by molar-refractivity contribution is 14.1. The zero-order valence-electron chi connectivity index (χ0n) is 5.29. The number of nitrogens with zero attached hydrogens (tertiary/aromatic N) is 1. The van der Waals surface area contributed by atoms with Gasteiger partial charge in [0.25, 0.3) is 0 Å². The van der Waals surface area contributed by atoms with E-state index in [1.54, 1.807) is 0 Å². The number of nitrogens with one attached hydrogen (secondary N) is 1. The summed E-state index contributed by atoms with van der Waals surface area (Å²) >= 11 is 2.22. The highest BCUT2D eigenvalue weighted by Gasteiger charge is 2.32. The van der Waals surface area contributed by atoms with Crippen LogP contribution in [0.2, 0.25) is 0 Å². The standard InChI is InChI=1S/C6H8IN3/c7-10-5-1-2-9-4(5)3-6(10)8/h1-5,9H,8H2. The van der Waals surface area contributed by atoms with Crippen LogP contribution < -0.4 is 11.1 Å². The predicted octanol–water partition coefficient (Wildman–Crippen LogP) is 0.306. The third kappa shape index (κ3) is 0.712. The topological polar surface area (TPSA) is 41.3 Å². The second-order valence-corrected chi connectivity index (χ2v) is 3.48. The molecule has 2 unspecified atom stereocenters. The lowest BCUT2D eigenvalue weighted by Crippen LogP contribution is -2.31. The number of halogens is 1. The maximum absolute atomic E-state index is 5.67. The summed E-state index contributed by atoms with van der Waals surface area (Å²) < 4.78 is 2.04. The summed E-state index contributed by atoms with van der Waals surface area (Å²) in [5.41, 5.74) is 5.67. The molecule has 2 rings (SSSR count). The maximum Gasteiger partial charge on any atom is 0.106 e. The largest absolute Gasteiger partial charge is 0.385 e. The Bertz CT molecular complexity index is 209. The molecule has 2 heterocycles. The van der Waals surface area contributed by atoms with Gasteiger partial charge >= 0.3 is 0 Å². The van der Waals surface area contributed by atoms with E-state index in [0.29, 0.717) is 12.1 Å². The first-order valence-electron chi connectivity index (χ1n) is 3.14. The van der Waals surface area contributed by atoms with Gasteiger partial charge in [0.05, 0.1) is 34.9 Å². The van der Waals surface area contributed by atoms with Crippen LogP contribution in [-0.4, -0.2) is 15.2 Å². The fourth-order valence-electron chi connectivity index (χ4n) is 1.27. The minimum atomic E-state index is 0.400. The van der Waals surface area contributed by atoms with Gasteiger partial charge in [-0.25, -0.2) is 0 Å². The molecule has 2 atom stereocenters. The highest BCUT2D eigenvalue weighted by atomic mass is 127. The van der Waals surface area contributed by atoms with Crippen molar-refractivity contribution in [1.29, 1.82) is 0 Å². The first-order valence-corrected chi connectivity index (χ1v) is 4.10. The molecular formula is C6H8IN3. The van der Waals surface area contributed by atoms with E-state index in [9.17, 15) is 0 Å². The molecule has 3 nitrogen and oxygen atoms in total. The summed E-state index contributed by atoms with van der Waals surface area (Å²) in [4.78, 5) is 0. The van der Waals surface area contributed by atoms with E-state index in [2.05, 4.69) is 34.3 Å². The van der Waals surface area contributed by atoms with E-state index in [0.717, 1.165) is 5.82 Å². The average Bonchev–Trinajstić information content (AvgIpc) is 2.41. The van der Waals surface area contributed by atoms with Crippen LogP contribution in [0, 0.1) is 0 Å². The van der Waals surface area contributed by atoms with Gasteiger partial charge in [-0.1, -0.05) is 0 Å². The fourth-order valence-corrected chi connectivity index (χ4v) is 1.97. The van der Waals surface area contributed by atoms with Crippen molar-refractivity contribution in [2.45, 2.75) is 12.1 Å². The Kier molecular flexibility index (Phi) is 1.29. The van der Waals surface area contributed by atoms with Crippen molar-refractivity contribution in [2.75, 3.05) is 0 Å². The lowest BCUT2D eigenvalue weighted by Gasteiger charge is -2.17. The summed E-state index contributed by atoms with van der Waals surface area (Å²) in [6.07, 6.45) is 6.13. The van der Waals surface area contributed by atoms with Crippen LogP contribution >= 0.6 is 22.9 Å². The van der Waals surface area contributed by atoms with E-state index in [1.807, 2.05) is 15.4 Å². The van der Waals surface area contributed by atoms with Crippen molar-refractivity contribution >= 4 is 22.9 Å². The van der Waals surface area contributed by atoms with Crippen LogP contribution in [0.15, 0.2) is 24.2 Å². The Balaban J connectivity index is 2.25. The molecule has 54 valence electrons. The van der Waals surface area contributed by atoms with Crippen molar-refractivity contribution in [3.8, 4) is 0 Å². The zero-order valence-corrected chi connectivity index (χ0v) is 7.45. The number of rotatable bonds is 0. The Hall–Kier alpha value is -0.390. The van der Waals surface area contributed by atoms with Crippen LogP contribution in [0.5, 0.6) is 0 Å². The van der Waals surface area contributed by atoms with Crippen molar-refractivity contribution in [1.82, 2.24) is 8.43 Å². The van der Waals surface area contributed by atoms with Gasteiger partial charge in [0.15, 0.2) is 0 Å². The van der Waals surface area contributed by atoms with Crippen LogP contribution in [0.3, 0.4) is 0 Å². The lowest BCUT2D eigenvalue weighted by atomic mass is 10.2. The van der Waals surface area contributed by atoms with E-state index < -0.39 is 0 Å². The zero-order chi connectivity index (χ0) is 7.14. The number of nitrogens with two attached hydrogens (primary N) is 1. The van der Waals surface area contributed by atoms with E-state index in [4.69, 9.17) is 5.73 Å². The number of fused-ring (bicyclic) bond motifs is 1. The average molecular weight is 249 g/mol. The van der Waals surface area contributed by atoms with Gasteiger partial charge in [0.2, 0.25) is 0 Å². The van der Waals surface area contributed by atoms with Crippen LogP contribution in [0.1, 0.15) is 0 Å². The molecule has 2 aliphatic rings. The molecule has 2 aliphatic heterocycles. The van der Waals surface area contributed by atoms with Gasteiger partial charge in [-0.2, -0.15) is 0 Å². The SMILES string of the molecule is NC1=CC2NC=CC2N1I. The lowest BCUT2D eigenvalue weighted by molar-refractivity contribution is 0.520. The summed E-state index contributed by atoms with van der Waals surface area (Å²) in [7, 11) is 0. The Morgan fingerprint density at radius 3 is 3.20 bits per heavy atom. The molecular weight excluding hydrogens is 241 g/mol. The molecule has 0 amide bonds. The Labute approximate surface area is 73.4 Å². The Morgan fingerprint density at radius 1 is 1.70 bits per heavy atom. The summed E-state index contributed by atoms with van der Waals surface area (Å²) in [6.45, 7) is 0. The molecule has 0 aromatic heterocycles. The molecule has 4 heteroatoms. The highest BCUT2D eigenvalue weighted by Crippen LogP contribution is 2.26. The molecule has 0 aromatic rings. The predicted molar refractivity (Wildman–Crippen MR) is 48.0 cm³/mol. The van der Waals surface area contributed by atoms with Gasteiger partial charge in [-0.05, 0) is 18.4 Å². The third-order valence-corrected chi connectivity index (χ3v) is 3.01. The Morgan fingerprint density at radius 2 is 2.50 bits per heavy atom. The third-order valence-electron chi connectivity index (χ3n) is 1.81. The van der Waals surface area contributed by atoms with E-state index in [-0.39, 0.29) is 0 Å². The minimum Gasteiger partial charge on any atom is -0.385 e. The van der Waals surface area contributed by atoms with Gasteiger partial charge in [-0.15, -0.1) is 0 Å². The molecule has 10 heavy (non-hydrogen) atoms. The number of hydrogen-bond acceptors (Lipinski definition) is 3. The van der Waals surface area contributed by atoms with Crippen LogP contribution in [0.25, 0.3) is 0 Å². The molecule has 0 aromatic carbocycles. The van der Waals surface area contributed by atoms with Crippen LogP contribution in [0.4, 0.5) is 0 Å². The van der Waals surface area contributed by atoms with Crippen molar-refractivity contribution in [3.63, 3.8) is 0 Å².